The number of aromatic nitrogens is 1. The molecule has 18 heavy (non-hydrogen) atoms. The highest BCUT2D eigenvalue weighted by Gasteiger charge is 2.24. The van der Waals surface area contributed by atoms with E-state index in [-0.39, 0.29) is 0 Å². The summed E-state index contributed by atoms with van der Waals surface area (Å²) >= 11 is 0. The number of nitrogens with zero attached hydrogens (tertiary/aromatic N) is 1. The Morgan fingerprint density at radius 2 is 2.11 bits per heavy atom. The van der Waals surface area contributed by atoms with Crippen molar-refractivity contribution in [3.8, 4) is 0 Å². The summed E-state index contributed by atoms with van der Waals surface area (Å²) < 4.78 is 0. The summed E-state index contributed by atoms with van der Waals surface area (Å²) in [6, 6.07) is 9.44. The molecule has 2 heterocycles. The van der Waals surface area contributed by atoms with E-state index >= 15 is 0 Å². The first-order chi connectivity index (χ1) is 8.74. The highest BCUT2D eigenvalue weighted by molar-refractivity contribution is 5.86. The van der Waals surface area contributed by atoms with Crippen molar-refractivity contribution in [3.05, 3.63) is 48.4 Å². The van der Waals surface area contributed by atoms with Crippen molar-refractivity contribution >= 4 is 22.3 Å². The van der Waals surface area contributed by atoms with E-state index in [0.717, 1.165) is 22.0 Å². The lowest BCUT2D eigenvalue weighted by Crippen LogP contribution is -2.28. The lowest BCUT2D eigenvalue weighted by molar-refractivity contribution is -0.138. The van der Waals surface area contributed by atoms with Crippen LogP contribution in [0.2, 0.25) is 0 Å². The van der Waals surface area contributed by atoms with E-state index in [2.05, 4.69) is 10.3 Å². The topological polar surface area (TPSA) is 62.2 Å². The fourth-order valence-corrected chi connectivity index (χ4v) is 2.14. The van der Waals surface area contributed by atoms with Gasteiger partial charge in [-0.3, -0.25) is 4.98 Å². The van der Waals surface area contributed by atoms with Crippen molar-refractivity contribution < 1.29 is 9.90 Å². The fraction of sp³-hybridized carbons (Fsp3) is 0.143. The van der Waals surface area contributed by atoms with Crippen molar-refractivity contribution in [2.75, 3.05) is 0 Å². The minimum Gasteiger partial charge on any atom is -0.480 e. The second-order valence-corrected chi connectivity index (χ2v) is 4.35. The smallest absolute Gasteiger partial charge is 0.326 e. The molecule has 4 nitrogen and oxygen atoms in total. The van der Waals surface area contributed by atoms with Gasteiger partial charge in [-0.2, -0.15) is 0 Å². The largest absolute Gasteiger partial charge is 0.480 e. The van der Waals surface area contributed by atoms with Gasteiger partial charge in [0.05, 0.1) is 5.69 Å². The van der Waals surface area contributed by atoms with Gasteiger partial charge >= 0.3 is 5.97 Å². The summed E-state index contributed by atoms with van der Waals surface area (Å²) in [7, 11) is 0. The van der Waals surface area contributed by atoms with E-state index in [0.29, 0.717) is 6.42 Å². The van der Waals surface area contributed by atoms with Gasteiger partial charge in [-0.15, -0.1) is 0 Å². The third kappa shape index (κ3) is 1.82. The Hall–Kier alpha value is -2.36. The van der Waals surface area contributed by atoms with E-state index in [1.165, 1.54) is 0 Å². The van der Waals surface area contributed by atoms with Gasteiger partial charge in [0.25, 0.3) is 0 Å². The molecular formula is C14H12N2O2. The molecule has 0 fully saturated rings. The van der Waals surface area contributed by atoms with Crippen LogP contribution in [0.4, 0.5) is 0 Å². The number of pyridine rings is 1. The Balaban J connectivity index is 1.94. The molecule has 2 aromatic rings. The normalized spacial score (nSPS) is 18.4. The molecule has 90 valence electrons. The Bertz CT molecular complexity index is 649. The second-order valence-electron chi connectivity index (χ2n) is 4.35. The number of hydrogen-bond acceptors (Lipinski definition) is 3. The molecule has 1 aliphatic heterocycles. The molecule has 0 radical (unpaired) electrons. The van der Waals surface area contributed by atoms with Crippen LogP contribution in [0.5, 0.6) is 0 Å². The van der Waals surface area contributed by atoms with E-state index < -0.39 is 12.0 Å². The summed E-state index contributed by atoms with van der Waals surface area (Å²) in [6.45, 7) is 0. The van der Waals surface area contributed by atoms with Crippen LogP contribution in [-0.4, -0.2) is 22.1 Å². The Labute approximate surface area is 104 Å². The van der Waals surface area contributed by atoms with Crippen LogP contribution in [-0.2, 0) is 4.79 Å². The van der Waals surface area contributed by atoms with Gasteiger partial charge in [-0.25, -0.2) is 4.79 Å². The first-order valence-electron chi connectivity index (χ1n) is 5.77. The summed E-state index contributed by atoms with van der Waals surface area (Å²) in [5.41, 5.74) is 1.78. The summed E-state index contributed by atoms with van der Waals surface area (Å²) in [4.78, 5) is 15.3. The summed E-state index contributed by atoms with van der Waals surface area (Å²) in [5, 5.41) is 14.0. The van der Waals surface area contributed by atoms with Gasteiger partial charge in [0.15, 0.2) is 0 Å². The Kier molecular flexibility index (Phi) is 2.48. The van der Waals surface area contributed by atoms with Crippen LogP contribution >= 0.6 is 0 Å². The van der Waals surface area contributed by atoms with Gasteiger partial charge in [0.1, 0.15) is 6.04 Å². The van der Waals surface area contributed by atoms with Gasteiger partial charge in [-0.05, 0) is 17.0 Å². The van der Waals surface area contributed by atoms with Gasteiger partial charge < -0.3 is 10.4 Å². The number of carboxylic acids is 1. The minimum atomic E-state index is -0.831. The number of aliphatic carboxylic acids is 1. The van der Waals surface area contributed by atoms with Crippen LogP contribution in [0.25, 0.3) is 16.3 Å². The van der Waals surface area contributed by atoms with E-state index in [1.807, 2.05) is 36.5 Å². The van der Waals surface area contributed by atoms with Crippen molar-refractivity contribution in [2.24, 2.45) is 0 Å². The lowest BCUT2D eigenvalue weighted by atomic mass is 10.1. The Morgan fingerprint density at radius 3 is 2.83 bits per heavy atom. The highest BCUT2D eigenvalue weighted by Crippen LogP contribution is 2.24. The van der Waals surface area contributed by atoms with Crippen LogP contribution < -0.4 is 5.32 Å². The average molecular weight is 240 g/mol. The minimum absolute atomic E-state index is 0.473. The molecule has 1 atom stereocenters. The van der Waals surface area contributed by atoms with Crippen LogP contribution in [0.15, 0.2) is 42.7 Å². The van der Waals surface area contributed by atoms with Crippen molar-refractivity contribution in [2.45, 2.75) is 12.5 Å². The maximum absolute atomic E-state index is 10.9. The number of rotatable bonds is 2. The predicted molar refractivity (Wildman–Crippen MR) is 68.9 cm³/mol. The van der Waals surface area contributed by atoms with E-state index in [1.54, 1.807) is 6.20 Å². The third-order valence-electron chi connectivity index (χ3n) is 3.14. The number of nitrogens with one attached hydrogen (secondary N) is 1. The Morgan fingerprint density at radius 1 is 1.33 bits per heavy atom. The third-order valence-corrected chi connectivity index (χ3v) is 3.14. The quantitative estimate of drug-likeness (QED) is 0.843. The zero-order chi connectivity index (χ0) is 12.5. The number of hydrogen-bond donors (Lipinski definition) is 2. The second kappa shape index (κ2) is 4.14. The van der Waals surface area contributed by atoms with Crippen molar-refractivity contribution in [3.63, 3.8) is 0 Å². The standard InChI is InChI=1S/C14H12N2O2/c17-14(18)13-6-11(8-16-13)12-5-9-3-1-2-4-10(9)7-15-12/h1-5,7-8,13,16H,6H2,(H,17,18). The number of benzene rings is 1. The zero-order valence-corrected chi connectivity index (χ0v) is 9.63. The van der Waals surface area contributed by atoms with Crippen LogP contribution in [0, 0.1) is 0 Å². The number of fused-ring (bicyclic) bond motifs is 1. The van der Waals surface area contributed by atoms with E-state index in [9.17, 15) is 4.79 Å². The molecule has 2 N–H and O–H groups in total. The first kappa shape index (κ1) is 10.8. The predicted octanol–water partition coefficient (Wildman–Crippen LogP) is 2.02. The number of carbonyl (C=O) groups is 1. The fourth-order valence-electron chi connectivity index (χ4n) is 2.14. The molecule has 0 saturated carbocycles. The maximum Gasteiger partial charge on any atom is 0.326 e. The molecule has 1 unspecified atom stereocenters. The molecule has 0 bridgehead atoms. The molecule has 0 amide bonds. The molecule has 0 spiro atoms. The monoisotopic (exact) mass is 240 g/mol. The molecule has 0 aliphatic carbocycles. The van der Waals surface area contributed by atoms with E-state index in [4.69, 9.17) is 5.11 Å². The lowest BCUT2D eigenvalue weighted by Gasteiger charge is -2.05. The van der Waals surface area contributed by atoms with Crippen molar-refractivity contribution in [1.29, 1.82) is 0 Å². The molecule has 1 aromatic carbocycles. The van der Waals surface area contributed by atoms with Gasteiger partial charge in [0, 0.05) is 24.2 Å². The molecule has 4 heteroatoms. The van der Waals surface area contributed by atoms with Crippen LogP contribution in [0.3, 0.4) is 0 Å². The average Bonchev–Trinajstić information content (AvgIpc) is 2.88. The molecule has 1 aliphatic rings. The highest BCUT2D eigenvalue weighted by atomic mass is 16.4. The molecule has 1 aromatic heterocycles. The SMILES string of the molecule is O=C(O)C1CC(c2cc3ccccc3cn2)=CN1. The zero-order valence-electron chi connectivity index (χ0n) is 9.63. The maximum atomic E-state index is 10.9. The van der Waals surface area contributed by atoms with Crippen molar-refractivity contribution in [1.82, 2.24) is 10.3 Å². The van der Waals surface area contributed by atoms with Gasteiger partial charge in [0.2, 0.25) is 0 Å². The summed E-state index contributed by atoms with van der Waals surface area (Å²) in [6.07, 6.45) is 4.04. The number of carboxylic acid groups (broad SMARTS) is 1. The molecular weight excluding hydrogens is 228 g/mol. The van der Waals surface area contributed by atoms with Crippen LogP contribution in [0.1, 0.15) is 12.1 Å². The summed E-state index contributed by atoms with van der Waals surface area (Å²) in [5.74, 6) is -0.831. The van der Waals surface area contributed by atoms with Gasteiger partial charge in [-0.1, -0.05) is 24.3 Å². The molecule has 3 rings (SSSR count). The first-order valence-corrected chi connectivity index (χ1v) is 5.77. The molecule has 0 saturated heterocycles.